The van der Waals surface area contributed by atoms with Gasteiger partial charge in [-0.3, -0.25) is 0 Å². The van der Waals surface area contributed by atoms with Crippen molar-refractivity contribution in [2.24, 2.45) is 0 Å². The van der Waals surface area contributed by atoms with Crippen LogP contribution in [0.25, 0.3) is 0 Å². The highest BCUT2D eigenvalue weighted by Gasteiger charge is 2.12. The van der Waals surface area contributed by atoms with E-state index in [-0.39, 0.29) is 0 Å². The third kappa shape index (κ3) is 3.70. The topological polar surface area (TPSA) is 49.8 Å². The van der Waals surface area contributed by atoms with E-state index in [0.29, 0.717) is 26.6 Å². The first-order valence-corrected chi connectivity index (χ1v) is 7.69. The molecule has 2 N–H and O–H groups in total. The number of halogens is 3. The summed E-state index contributed by atoms with van der Waals surface area (Å²) < 4.78 is 0. The molecule has 0 aliphatic rings. The summed E-state index contributed by atoms with van der Waals surface area (Å²) in [5.41, 5.74) is 1.64. The SMILES string of the molecule is CCNc1ncnc(Nc2cc(Cl)c(Cl)cc2Cl)c1CC. The van der Waals surface area contributed by atoms with Gasteiger partial charge in [0.2, 0.25) is 0 Å². The molecule has 0 radical (unpaired) electrons. The fourth-order valence-electron chi connectivity index (χ4n) is 1.92. The molecule has 0 aliphatic carbocycles. The van der Waals surface area contributed by atoms with Gasteiger partial charge < -0.3 is 10.6 Å². The number of aromatic nitrogens is 2. The maximum absolute atomic E-state index is 6.18. The lowest BCUT2D eigenvalue weighted by Gasteiger charge is -2.15. The van der Waals surface area contributed by atoms with Crippen molar-refractivity contribution < 1.29 is 0 Å². The Hall–Kier alpha value is -1.23. The third-order valence-corrected chi connectivity index (χ3v) is 3.94. The van der Waals surface area contributed by atoms with Gasteiger partial charge in [-0.05, 0) is 25.5 Å². The second kappa shape index (κ2) is 7.16. The van der Waals surface area contributed by atoms with Gasteiger partial charge in [0.1, 0.15) is 18.0 Å². The number of nitrogens with zero attached hydrogens (tertiary/aromatic N) is 2. The second-order valence-corrected chi connectivity index (χ2v) is 5.53. The highest BCUT2D eigenvalue weighted by atomic mass is 35.5. The van der Waals surface area contributed by atoms with Crippen LogP contribution in [0.2, 0.25) is 15.1 Å². The molecule has 0 saturated heterocycles. The Labute approximate surface area is 138 Å². The van der Waals surface area contributed by atoms with Crippen LogP contribution in [0.5, 0.6) is 0 Å². The van der Waals surface area contributed by atoms with Crippen molar-refractivity contribution in [2.75, 3.05) is 17.2 Å². The molecule has 2 aromatic rings. The van der Waals surface area contributed by atoms with E-state index in [0.717, 1.165) is 24.3 Å². The maximum Gasteiger partial charge on any atom is 0.139 e. The molecule has 7 heteroatoms. The Bertz CT molecular complexity index is 646. The molecule has 1 aromatic heterocycles. The minimum atomic E-state index is 0.416. The average Bonchev–Trinajstić information content (AvgIpc) is 2.45. The lowest BCUT2D eigenvalue weighted by atomic mass is 10.2. The molecule has 112 valence electrons. The summed E-state index contributed by atoms with van der Waals surface area (Å²) in [6.07, 6.45) is 2.29. The summed E-state index contributed by atoms with van der Waals surface area (Å²) in [6, 6.07) is 3.28. The first kappa shape index (κ1) is 16.1. The zero-order chi connectivity index (χ0) is 15.4. The van der Waals surface area contributed by atoms with E-state index >= 15 is 0 Å². The summed E-state index contributed by atoms with van der Waals surface area (Å²) in [4.78, 5) is 8.54. The molecule has 0 aliphatic heterocycles. The fraction of sp³-hybridized carbons (Fsp3) is 0.286. The maximum atomic E-state index is 6.18. The minimum Gasteiger partial charge on any atom is -0.370 e. The van der Waals surface area contributed by atoms with E-state index in [1.54, 1.807) is 12.1 Å². The van der Waals surface area contributed by atoms with Crippen molar-refractivity contribution in [3.05, 3.63) is 39.1 Å². The molecule has 0 atom stereocenters. The van der Waals surface area contributed by atoms with Crippen LogP contribution < -0.4 is 10.6 Å². The summed E-state index contributed by atoms with van der Waals surface area (Å²) in [5, 5.41) is 7.74. The average molecular weight is 346 g/mol. The van der Waals surface area contributed by atoms with Gasteiger partial charge in [-0.2, -0.15) is 0 Å². The van der Waals surface area contributed by atoms with Crippen LogP contribution in [0.4, 0.5) is 17.3 Å². The van der Waals surface area contributed by atoms with E-state index in [4.69, 9.17) is 34.8 Å². The van der Waals surface area contributed by atoms with Crippen LogP contribution in [0.3, 0.4) is 0 Å². The number of anilines is 3. The molecule has 2 rings (SSSR count). The predicted octanol–water partition coefficient (Wildman–Crippen LogP) is 5.17. The fourth-order valence-corrected chi connectivity index (χ4v) is 2.51. The van der Waals surface area contributed by atoms with Gasteiger partial charge >= 0.3 is 0 Å². The van der Waals surface area contributed by atoms with Crippen molar-refractivity contribution in [1.29, 1.82) is 0 Å². The molecule has 1 heterocycles. The molecular weight excluding hydrogens is 331 g/mol. The highest BCUT2D eigenvalue weighted by molar-refractivity contribution is 6.44. The van der Waals surface area contributed by atoms with Gasteiger partial charge in [0.05, 0.1) is 20.8 Å². The Morgan fingerprint density at radius 1 is 0.952 bits per heavy atom. The van der Waals surface area contributed by atoms with Crippen molar-refractivity contribution in [3.8, 4) is 0 Å². The molecule has 0 unspecified atom stereocenters. The number of rotatable bonds is 5. The first-order valence-electron chi connectivity index (χ1n) is 6.56. The third-order valence-electron chi connectivity index (χ3n) is 2.91. The Balaban J connectivity index is 2.40. The van der Waals surface area contributed by atoms with Crippen LogP contribution in [0, 0.1) is 0 Å². The number of hydrogen-bond acceptors (Lipinski definition) is 4. The van der Waals surface area contributed by atoms with Crippen LogP contribution >= 0.6 is 34.8 Å². The highest BCUT2D eigenvalue weighted by Crippen LogP contribution is 2.34. The van der Waals surface area contributed by atoms with Gasteiger partial charge in [0, 0.05) is 12.1 Å². The van der Waals surface area contributed by atoms with E-state index in [1.807, 2.05) is 13.8 Å². The normalized spacial score (nSPS) is 10.5. The number of hydrogen-bond donors (Lipinski definition) is 2. The van der Waals surface area contributed by atoms with Gasteiger partial charge in [-0.15, -0.1) is 0 Å². The second-order valence-electron chi connectivity index (χ2n) is 4.30. The monoisotopic (exact) mass is 344 g/mol. The van der Waals surface area contributed by atoms with Gasteiger partial charge in [-0.25, -0.2) is 9.97 Å². The molecule has 4 nitrogen and oxygen atoms in total. The number of benzene rings is 1. The summed E-state index contributed by atoms with van der Waals surface area (Å²) in [5.74, 6) is 1.51. The molecule has 0 saturated carbocycles. The van der Waals surface area contributed by atoms with E-state index < -0.39 is 0 Å². The lowest BCUT2D eigenvalue weighted by Crippen LogP contribution is -2.07. The van der Waals surface area contributed by atoms with Crippen molar-refractivity contribution in [3.63, 3.8) is 0 Å². The Kier molecular flexibility index (Phi) is 5.51. The van der Waals surface area contributed by atoms with E-state index in [1.165, 1.54) is 6.33 Å². The van der Waals surface area contributed by atoms with Crippen molar-refractivity contribution >= 4 is 52.1 Å². The van der Waals surface area contributed by atoms with E-state index in [2.05, 4.69) is 20.6 Å². The molecule has 0 bridgehead atoms. The van der Waals surface area contributed by atoms with Crippen LogP contribution in [0.1, 0.15) is 19.4 Å². The van der Waals surface area contributed by atoms with Crippen LogP contribution in [-0.2, 0) is 6.42 Å². The predicted molar refractivity (Wildman–Crippen MR) is 90.3 cm³/mol. The molecule has 0 fully saturated rings. The number of nitrogens with one attached hydrogen (secondary N) is 2. The zero-order valence-corrected chi connectivity index (χ0v) is 13.9. The Morgan fingerprint density at radius 3 is 2.29 bits per heavy atom. The summed E-state index contributed by atoms with van der Waals surface area (Å²) in [6.45, 7) is 4.85. The summed E-state index contributed by atoms with van der Waals surface area (Å²) >= 11 is 18.1. The Morgan fingerprint density at radius 2 is 1.62 bits per heavy atom. The summed E-state index contributed by atoms with van der Waals surface area (Å²) in [7, 11) is 0. The van der Waals surface area contributed by atoms with Gasteiger partial charge in [-0.1, -0.05) is 41.7 Å². The first-order chi connectivity index (χ1) is 10.1. The van der Waals surface area contributed by atoms with Crippen LogP contribution in [0.15, 0.2) is 18.5 Å². The zero-order valence-electron chi connectivity index (χ0n) is 11.7. The molecule has 0 spiro atoms. The lowest BCUT2D eigenvalue weighted by molar-refractivity contribution is 1.03. The molecule has 0 amide bonds. The van der Waals surface area contributed by atoms with Crippen LogP contribution in [-0.4, -0.2) is 16.5 Å². The van der Waals surface area contributed by atoms with Crippen molar-refractivity contribution in [1.82, 2.24) is 9.97 Å². The standard InChI is InChI=1S/C14H15Cl3N4/c1-3-8-13(18-4-2)19-7-20-14(8)21-12-6-10(16)9(15)5-11(12)17/h5-7H,3-4H2,1-2H3,(H2,18,19,20,21). The minimum absolute atomic E-state index is 0.416. The smallest absolute Gasteiger partial charge is 0.139 e. The molecule has 1 aromatic carbocycles. The molecular formula is C14H15Cl3N4. The van der Waals surface area contributed by atoms with E-state index in [9.17, 15) is 0 Å². The van der Waals surface area contributed by atoms with Gasteiger partial charge in [0.15, 0.2) is 0 Å². The largest absolute Gasteiger partial charge is 0.370 e. The molecule has 21 heavy (non-hydrogen) atoms. The quantitative estimate of drug-likeness (QED) is 0.734. The van der Waals surface area contributed by atoms with Crippen molar-refractivity contribution in [2.45, 2.75) is 20.3 Å². The van der Waals surface area contributed by atoms with Gasteiger partial charge in [0.25, 0.3) is 0 Å².